The lowest BCUT2D eigenvalue weighted by atomic mass is 9.99. The number of carboxylic acid groups (broad SMARTS) is 1. The molecule has 0 rings (SSSR count). The zero-order valence-corrected chi connectivity index (χ0v) is 6.13. The van der Waals surface area contributed by atoms with E-state index in [9.17, 15) is 4.79 Å². The fourth-order valence-corrected chi connectivity index (χ4v) is 0.808. The van der Waals surface area contributed by atoms with Crippen LogP contribution in [0.25, 0.3) is 0 Å². The number of hydrogen-bond acceptors (Lipinski definition) is 2. The van der Waals surface area contributed by atoms with Crippen molar-refractivity contribution in [1.82, 2.24) is 0 Å². The molecular formula is C7H13NO2. The second-order valence-electron chi connectivity index (χ2n) is 2.31. The Kier molecular flexibility index (Phi) is 4.54. The molecule has 0 aliphatic carbocycles. The molecule has 58 valence electrons. The summed E-state index contributed by atoms with van der Waals surface area (Å²) in [4.78, 5) is 10.2. The molecule has 2 N–H and O–H groups in total. The van der Waals surface area contributed by atoms with E-state index in [4.69, 9.17) is 10.5 Å². The molecule has 1 unspecified atom stereocenters. The van der Waals surface area contributed by atoms with E-state index in [0.29, 0.717) is 6.42 Å². The number of aliphatic carboxylic acids is 1. The molecule has 1 atom stereocenters. The molecule has 10 heavy (non-hydrogen) atoms. The van der Waals surface area contributed by atoms with E-state index >= 15 is 0 Å². The molecule has 0 aliphatic heterocycles. The first-order chi connectivity index (χ1) is 4.70. The van der Waals surface area contributed by atoms with Crippen LogP contribution in [0.1, 0.15) is 26.2 Å². The van der Waals surface area contributed by atoms with Gasteiger partial charge in [0, 0.05) is 6.42 Å². The van der Waals surface area contributed by atoms with Gasteiger partial charge in [-0.1, -0.05) is 13.3 Å². The molecule has 0 aliphatic rings. The van der Waals surface area contributed by atoms with Crippen molar-refractivity contribution in [2.45, 2.75) is 26.2 Å². The van der Waals surface area contributed by atoms with Crippen LogP contribution in [0.3, 0.4) is 0 Å². The van der Waals surface area contributed by atoms with Crippen molar-refractivity contribution >= 4 is 12.2 Å². The van der Waals surface area contributed by atoms with Gasteiger partial charge in [-0.25, -0.2) is 0 Å². The molecule has 0 aromatic heterocycles. The number of carboxylic acids is 1. The third-order valence-electron chi connectivity index (χ3n) is 1.49. The van der Waals surface area contributed by atoms with Gasteiger partial charge in [-0.2, -0.15) is 0 Å². The highest BCUT2D eigenvalue weighted by molar-refractivity contribution is 5.67. The third-order valence-corrected chi connectivity index (χ3v) is 1.49. The average Bonchev–Trinajstić information content (AvgIpc) is 1.86. The van der Waals surface area contributed by atoms with Gasteiger partial charge >= 0.3 is 5.97 Å². The number of hydrogen-bond donors (Lipinski definition) is 2. The summed E-state index contributed by atoms with van der Waals surface area (Å²) in [6.07, 6.45) is 2.88. The van der Waals surface area contributed by atoms with Crippen LogP contribution in [-0.4, -0.2) is 17.3 Å². The van der Waals surface area contributed by atoms with Crippen LogP contribution >= 0.6 is 0 Å². The van der Waals surface area contributed by atoms with Crippen LogP contribution in [0.15, 0.2) is 0 Å². The van der Waals surface area contributed by atoms with Crippen molar-refractivity contribution in [2.75, 3.05) is 0 Å². The molecular weight excluding hydrogens is 130 g/mol. The number of nitrogens with one attached hydrogen (secondary N) is 1. The Hall–Kier alpha value is -0.860. The average molecular weight is 143 g/mol. The van der Waals surface area contributed by atoms with Crippen LogP contribution < -0.4 is 0 Å². The summed E-state index contributed by atoms with van der Waals surface area (Å²) in [5.74, 6) is -0.622. The number of rotatable bonds is 5. The summed E-state index contributed by atoms with van der Waals surface area (Å²) in [6, 6.07) is 0. The summed E-state index contributed by atoms with van der Waals surface area (Å²) in [6.45, 7) is 1.94. The fourth-order valence-electron chi connectivity index (χ4n) is 0.808. The lowest BCUT2D eigenvalue weighted by molar-refractivity contribution is -0.138. The lowest BCUT2D eigenvalue weighted by Gasteiger charge is -2.06. The summed E-state index contributed by atoms with van der Waals surface area (Å²) < 4.78 is 0. The monoisotopic (exact) mass is 143 g/mol. The van der Waals surface area contributed by atoms with Crippen molar-refractivity contribution in [2.24, 2.45) is 5.92 Å². The van der Waals surface area contributed by atoms with Crippen LogP contribution in [0.2, 0.25) is 0 Å². The standard InChI is InChI=1S/C7H13NO2/c1-2-6(3-4-8)5-7(9)10/h4,6,8H,2-3,5H2,1H3,(H,9,10). The molecule has 0 aromatic rings. The Balaban J connectivity index is 3.59. The minimum absolute atomic E-state index is 0.148. The minimum Gasteiger partial charge on any atom is -0.481 e. The molecule has 0 spiro atoms. The quantitative estimate of drug-likeness (QED) is 0.573. The van der Waals surface area contributed by atoms with Gasteiger partial charge in [0.25, 0.3) is 0 Å². The lowest BCUT2D eigenvalue weighted by Crippen LogP contribution is -2.06. The van der Waals surface area contributed by atoms with Gasteiger partial charge < -0.3 is 10.5 Å². The van der Waals surface area contributed by atoms with Crippen molar-refractivity contribution in [3.63, 3.8) is 0 Å². The maximum absolute atomic E-state index is 10.2. The van der Waals surface area contributed by atoms with Crippen molar-refractivity contribution in [1.29, 1.82) is 5.41 Å². The maximum atomic E-state index is 10.2. The van der Waals surface area contributed by atoms with E-state index in [0.717, 1.165) is 6.42 Å². The second-order valence-corrected chi connectivity index (χ2v) is 2.31. The molecule has 0 radical (unpaired) electrons. The Morgan fingerprint density at radius 2 is 2.40 bits per heavy atom. The first-order valence-electron chi connectivity index (χ1n) is 3.41. The zero-order chi connectivity index (χ0) is 7.98. The molecule has 0 heterocycles. The van der Waals surface area contributed by atoms with Gasteiger partial charge in [0.2, 0.25) is 0 Å². The predicted octanol–water partition coefficient (Wildman–Crippen LogP) is 1.53. The van der Waals surface area contributed by atoms with E-state index < -0.39 is 5.97 Å². The predicted molar refractivity (Wildman–Crippen MR) is 39.4 cm³/mol. The molecule has 0 saturated carbocycles. The van der Waals surface area contributed by atoms with E-state index in [1.54, 1.807) is 0 Å². The SMILES string of the molecule is CCC(CC=N)CC(=O)O. The molecule has 0 fully saturated rings. The smallest absolute Gasteiger partial charge is 0.303 e. The molecule has 3 nitrogen and oxygen atoms in total. The second kappa shape index (κ2) is 4.97. The zero-order valence-electron chi connectivity index (χ0n) is 6.13. The molecule has 0 saturated heterocycles. The topological polar surface area (TPSA) is 61.2 Å². The van der Waals surface area contributed by atoms with Crippen molar-refractivity contribution in [3.8, 4) is 0 Å². The van der Waals surface area contributed by atoms with Crippen LogP contribution in [0, 0.1) is 11.3 Å². The first-order valence-corrected chi connectivity index (χ1v) is 3.41. The van der Waals surface area contributed by atoms with Gasteiger partial charge in [0.1, 0.15) is 0 Å². The minimum atomic E-state index is -0.770. The summed E-state index contributed by atoms with van der Waals surface area (Å²) >= 11 is 0. The van der Waals surface area contributed by atoms with E-state index in [-0.39, 0.29) is 12.3 Å². The van der Waals surface area contributed by atoms with Gasteiger partial charge in [0.15, 0.2) is 0 Å². The summed E-state index contributed by atoms with van der Waals surface area (Å²) in [5.41, 5.74) is 0. The van der Waals surface area contributed by atoms with E-state index in [2.05, 4.69) is 0 Å². The van der Waals surface area contributed by atoms with Gasteiger partial charge in [-0.15, -0.1) is 0 Å². The Bertz CT molecular complexity index is 123. The molecule has 0 amide bonds. The maximum Gasteiger partial charge on any atom is 0.303 e. The van der Waals surface area contributed by atoms with E-state index in [1.807, 2.05) is 6.92 Å². The Labute approximate surface area is 60.6 Å². The van der Waals surface area contributed by atoms with Gasteiger partial charge in [0.05, 0.1) is 0 Å². The third kappa shape index (κ3) is 4.06. The fraction of sp³-hybridized carbons (Fsp3) is 0.714. The highest BCUT2D eigenvalue weighted by Gasteiger charge is 2.08. The number of carbonyl (C=O) groups is 1. The van der Waals surface area contributed by atoms with Gasteiger partial charge in [-0.3, -0.25) is 4.79 Å². The Morgan fingerprint density at radius 3 is 2.70 bits per heavy atom. The van der Waals surface area contributed by atoms with E-state index in [1.165, 1.54) is 6.21 Å². The first kappa shape index (κ1) is 9.14. The van der Waals surface area contributed by atoms with Crippen molar-refractivity contribution < 1.29 is 9.90 Å². The Morgan fingerprint density at radius 1 is 1.80 bits per heavy atom. The normalized spacial score (nSPS) is 12.5. The molecule has 0 aromatic carbocycles. The summed E-state index contributed by atoms with van der Waals surface area (Å²) in [5, 5.41) is 15.1. The molecule has 0 bridgehead atoms. The highest BCUT2D eigenvalue weighted by Crippen LogP contribution is 2.10. The summed E-state index contributed by atoms with van der Waals surface area (Å²) in [7, 11) is 0. The van der Waals surface area contributed by atoms with Crippen LogP contribution in [0.5, 0.6) is 0 Å². The van der Waals surface area contributed by atoms with Gasteiger partial charge in [-0.05, 0) is 18.6 Å². The highest BCUT2D eigenvalue weighted by atomic mass is 16.4. The largest absolute Gasteiger partial charge is 0.481 e. The van der Waals surface area contributed by atoms with Crippen molar-refractivity contribution in [3.05, 3.63) is 0 Å². The van der Waals surface area contributed by atoms with Crippen LogP contribution in [-0.2, 0) is 4.79 Å². The van der Waals surface area contributed by atoms with Crippen LogP contribution in [0.4, 0.5) is 0 Å². The molecule has 3 heteroatoms.